The Hall–Kier alpha value is -1.21. The van der Waals surface area contributed by atoms with Gasteiger partial charge in [0, 0.05) is 24.7 Å². The molecule has 0 fully saturated rings. The minimum atomic E-state index is -4.25. The molecular formula is C12H15F5N2. The third-order valence-electron chi connectivity index (χ3n) is 2.64. The smallest absolute Gasteiger partial charge is 0.323 e. The summed E-state index contributed by atoms with van der Waals surface area (Å²) in [5, 5.41) is 0. The number of nitrogens with zero attached hydrogens (tertiary/aromatic N) is 1. The van der Waals surface area contributed by atoms with Gasteiger partial charge in [-0.15, -0.1) is 0 Å². The van der Waals surface area contributed by atoms with Crippen LogP contribution in [0.25, 0.3) is 0 Å². The molecule has 19 heavy (non-hydrogen) atoms. The van der Waals surface area contributed by atoms with Crippen molar-refractivity contribution in [3.8, 4) is 0 Å². The quantitative estimate of drug-likeness (QED) is 0.841. The first-order chi connectivity index (χ1) is 8.69. The third kappa shape index (κ3) is 5.52. The summed E-state index contributed by atoms with van der Waals surface area (Å²) in [7, 11) is 1.45. The summed E-state index contributed by atoms with van der Waals surface area (Å²) in [5.74, 6) is -1.30. The van der Waals surface area contributed by atoms with E-state index in [1.807, 2.05) is 0 Å². The molecule has 0 aliphatic carbocycles. The fourth-order valence-electron chi connectivity index (χ4n) is 1.64. The molecule has 1 aromatic carbocycles. The number of likely N-dealkylation sites (N-methyl/N-ethyl adjacent to an activating group) is 1. The lowest BCUT2D eigenvalue weighted by atomic mass is 10.1. The molecule has 7 heteroatoms. The van der Waals surface area contributed by atoms with E-state index in [0.717, 1.165) is 18.2 Å². The van der Waals surface area contributed by atoms with E-state index in [9.17, 15) is 22.0 Å². The molecule has 0 aromatic heterocycles. The highest BCUT2D eigenvalue weighted by atomic mass is 19.4. The number of hydrogen-bond donors (Lipinski definition) is 1. The summed E-state index contributed by atoms with van der Waals surface area (Å²) in [5.41, 5.74) is 5.63. The fraction of sp³-hybridized carbons (Fsp3) is 0.500. The predicted octanol–water partition coefficient (Wildman–Crippen LogP) is 2.85. The molecule has 0 spiro atoms. The lowest BCUT2D eigenvalue weighted by molar-refractivity contribution is -0.137. The van der Waals surface area contributed by atoms with Gasteiger partial charge in [-0.1, -0.05) is 0 Å². The number of alkyl halides is 3. The first kappa shape index (κ1) is 15.8. The zero-order valence-electron chi connectivity index (χ0n) is 10.3. The predicted molar refractivity (Wildman–Crippen MR) is 61.5 cm³/mol. The molecule has 1 unspecified atom stereocenters. The molecular weight excluding hydrogens is 267 g/mol. The molecule has 0 saturated carbocycles. The molecule has 1 rings (SSSR count). The van der Waals surface area contributed by atoms with Gasteiger partial charge in [-0.3, -0.25) is 0 Å². The van der Waals surface area contributed by atoms with E-state index < -0.39 is 30.3 Å². The second kappa shape index (κ2) is 6.29. The summed E-state index contributed by atoms with van der Waals surface area (Å²) in [4.78, 5) is 1.34. The molecule has 0 aliphatic heterocycles. The Morgan fingerprint density at radius 3 is 2.47 bits per heavy atom. The average Bonchev–Trinajstić information content (AvgIpc) is 2.28. The first-order valence-corrected chi connectivity index (χ1v) is 5.65. The normalized spacial score (nSPS) is 13.9. The maximum atomic E-state index is 13.4. The van der Waals surface area contributed by atoms with Crippen molar-refractivity contribution in [1.82, 2.24) is 4.90 Å². The molecule has 1 aromatic rings. The average molecular weight is 282 g/mol. The van der Waals surface area contributed by atoms with Gasteiger partial charge >= 0.3 is 6.18 Å². The maximum absolute atomic E-state index is 13.4. The number of rotatable bonds is 5. The maximum Gasteiger partial charge on any atom is 0.390 e. The van der Waals surface area contributed by atoms with Crippen LogP contribution >= 0.6 is 0 Å². The third-order valence-corrected chi connectivity index (χ3v) is 2.64. The van der Waals surface area contributed by atoms with Crippen molar-refractivity contribution in [1.29, 1.82) is 0 Å². The molecule has 2 N–H and O–H groups in total. The van der Waals surface area contributed by atoms with Crippen molar-refractivity contribution in [3.63, 3.8) is 0 Å². The Kier molecular flexibility index (Phi) is 5.25. The van der Waals surface area contributed by atoms with Crippen LogP contribution in [0.5, 0.6) is 0 Å². The Balaban J connectivity index is 2.59. The van der Waals surface area contributed by atoms with Gasteiger partial charge in [0.2, 0.25) is 0 Å². The van der Waals surface area contributed by atoms with Gasteiger partial charge in [0.25, 0.3) is 0 Å². The van der Waals surface area contributed by atoms with Gasteiger partial charge in [0.15, 0.2) is 0 Å². The SMILES string of the molecule is CN(CCC(F)(F)F)CC(N)c1cc(F)ccc1F. The lowest BCUT2D eigenvalue weighted by Gasteiger charge is -2.22. The van der Waals surface area contributed by atoms with Crippen LogP contribution in [0.1, 0.15) is 18.0 Å². The summed E-state index contributed by atoms with van der Waals surface area (Å²) in [6.45, 7) is -0.232. The van der Waals surface area contributed by atoms with E-state index in [4.69, 9.17) is 5.73 Å². The van der Waals surface area contributed by atoms with Gasteiger partial charge in [-0.2, -0.15) is 13.2 Å². The van der Waals surface area contributed by atoms with E-state index >= 15 is 0 Å². The summed E-state index contributed by atoms with van der Waals surface area (Å²) < 4.78 is 62.4. The molecule has 0 aliphatic rings. The summed E-state index contributed by atoms with van der Waals surface area (Å²) in [6.07, 6.45) is -5.22. The Bertz CT molecular complexity index is 419. The van der Waals surface area contributed by atoms with E-state index in [0.29, 0.717) is 0 Å². The van der Waals surface area contributed by atoms with Gasteiger partial charge in [0.05, 0.1) is 6.42 Å². The van der Waals surface area contributed by atoms with Crippen molar-refractivity contribution in [2.45, 2.75) is 18.6 Å². The van der Waals surface area contributed by atoms with Crippen LogP contribution in [-0.2, 0) is 0 Å². The molecule has 0 amide bonds. The lowest BCUT2D eigenvalue weighted by Crippen LogP contribution is -2.32. The van der Waals surface area contributed by atoms with E-state index in [1.165, 1.54) is 11.9 Å². The Morgan fingerprint density at radius 1 is 1.26 bits per heavy atom. The summed E-state index contributed by atoms with van der Waals surface area (Å²) >= 11 is 0. The topological polar surface area (TPSA) is 29.3 Å². The van der Waals surface area contributed by atoms with Crippen LogP contribution in [0.3, 0.4) is 0 Å². The van der Waals surface area contributed by atoms with Crippen molar-refractivity contribution in [3.05, 3.63) is 35.4 Å². The van der Waals surface area contributed by atoms with Gasteiger partial charge < -0.3 is 10.6 Å². The van der Waals surface area contributed by atoms with Crippen LogP contribution in [0, 0.1) is 11.6 Å². The second-order valence-corrected chi connectivity index (χ2v) is 4.40. The minimum Gasteiger partial charge on any atom is -0.323 e. The zero-order chi connectivity index (χ0) is 14.6. The van der Waals surface area contributed by atoms with E-state index in [2.05, 4.69) is 0 Å². The summed E-state index contributed by atoms with van der Waals surface area (Å²) in [6, 6.07) is 1.98. The first-order valence-electron chi connectivity index (χ1n) is 5.65. The van der Waals surface area contributed by atoms with Crippen LogP contribution in [-0.4, -0.2) is 31.2 Å². The highest BCUT2D eigenvalue weighted by Gasteiger charge is 2.27. The van der Waals surface area contributed by atoms with Crippen molar-refractivity contribution in [2.24, 2.45) is 5.73 Å². The van der Waals surface area contributed by atoms with Gasteiger partial charge in [-0.25, -0.2) is 8.78 Å². The van der Waals surface area contributed by atoms with Crippen LogP contribution in [0.4, 0.5) is 22.0 Å². The molecule has 0 saturated heterocycles. The van der Waals surface area contributed by atoms with Crippen molar-refractivity contribution < 1.29 is 22.0 Å². The van der Waals surface area contributed by atoms with Gasteiger partial charge in [-0.05, 0) is 25.2 Å². The number of hydrogen-bond acceptors (Lipinski definition) is 2. The number of benzene rings is 1. The van der Waals surface area contributed by atoms with Crippen LogP contribution in [0.15, 0.2) is 18.2 Å². The Morgan fingerprint density at radius 2 is 1.89 bits per heavy atom. The van der Waals surface area contributed by atoms with Crippen LogP contribution in [0.2, 0.25) is 0 Å². The Labute approximate surface area is 108 Å². The number of nitrogens with two attached hydrogens (primary N) is 1. The highest BCUT2D eigenvalue weighted by molar-refractivity contribution is 5.22. The van der Waals surface area contributed by atoms with E-state index in [-0.39, 0.29) is 18.7 Å². The molecule has 0 radical (unpaired) electrons. The highest BCUT2D eigenvalue weighted by Crippen LogP contribution is 2.21. The van der Waals surface area contributed by atoms with Gasteiger partial charge in [0.1, 0.15) is 11.6 Å². The van der Waals surface area contributed by atoms with Crippen molar-refractivity contribution in [2.75, 3.05) is 20.1 Å². The fourth-order valence-corrected chi connectivity index (χ4v) is 1.64. The largest absolute Gasteiger partial charge is 0.390 e. The number of halogens is 5. The monoisotopic (exact) mass is 282 g/mol. The van der Waals surface area contributed by atoms with E-state index in [1.54, 1.807) is 0 Å². The molecule has 2 nitrogen and oxygen atoms in total. The molecule has 108 valence electrons. The zero-order valence-corrected chi connectivity index (χ0v) is 10.3. The van der Waals surface area contributed by atoms with Crippen molar-refractivity contribution >= 4 is 0 Å². The molecule has 0 bridgehead atoms. The molecule has 0 heterocycles. The van der Waals surface area contributed by atoms with Crippen LogP contribution < -0.4 is 5.73 Å². The minimum absolute atomic E-state index is 0.0104. The standard InChI is InChI=1S/C12H15F5N2/c1-19(5-4-12(15,16)17)7-11(18)9-6-8(13)2-3-10(9)14/h2-3,6,11H,4-5,7,18H2,1H3. The molecule has 1 atom stereocenters. The second-order valence-electron chi connectivity index (χ2n) is 4.40.